The van der Waals surface area contributed by atoms with E-state index in [0.717, 1.165) is 28.1 Å². The first-order valence-electron chi connectivity index (χ1n) is 8.92. The Balaban J connectivity index is 1.94. The van der Waals surface area contributed by atoms with Crippen LogP contribution in [0.25, 0.3) is 0 Å². The van der Waals surface area contributed by atoms with E-state index in [0.29, 0.717) is 0 Å². The Morgan fingerprint density at radius 3 is 2.07 bits per heavy atom. The van der Waals surface area contributed by atoms with Crippen molar-refractivity contribution in [1.82, 2.24) is 0 Å². The van der Waals surface area contributed by atoms with Crippen molar-refractivity contribution in [1.29, 1.82) is 0 Å². The van der Waals surface area contributed by atoms with Crippen LogP contribution in [0.15, 0.2) is 78.9 Å². The smallest absolute Gasteiger partial charge is 0.326 e. The average molecular weight is 380 g/mol. The summed E-state index contributed by atoms with van der Waals surface area (Å²) in [6.45, 7) is 6.55. The second-order valence-electron chi connectivity index (χ2n) is 7.20. The lowest BCUT2D eigenvalue weighted by Gasteiger charge is -2.25. The van der Waals surface area contributed by atoms with Crippen LogP contribution in [0.3, 0.4) is 0 Å². The average Bonchev–Trinajstić information content (AvgIpc) is 2.68. The molecular formula is C23H25O3P. The summed E-state index contributed by atoms with van der Waals surface area (Å²) in [5.41, 5.74) is 1.13. The predicted octanol–water partition coefficient (Wildman–Crippen LogP) is 6.09. The summed E-state index contributed by atoms with van der Waals surface area (Å²) in [7, 11) is 0.303. The van der Waals surface area contributed by atoms with Gasteiger partial charge in [-0.15, -0.1) is 0 Å². The van der Waals surface area contributed by atoms with Gasteiger partial charge in [-0.3, -0.25) is 0 Å². The third-order valence-corrected chi connectivity index (χ3v) is 5.53. The molecule has 0 radical (unpaired) electrons. The summed E-state index contributed by atoms with van der Waals surface area (Å²) in [6, 6.07) is 25.8. The van der Waals surface area contributed by atoms with Crippen molar-refractivity contribution >= 4 is 13.7 Å². The molecule has 1 atom stereocenters. The molecule has 0 heterocycles. The number of rotatable bonds is 6. The molecule has 0 aromatic heterocycles. The van der Waals surface area contributed by atoms with Crippen molar-refractivity contribution in [3.8, 4) is 17.2 Å². The number of hydrogen-bond donors (Lipinski definition) is 0. The molecule has 0 amide bonds. The third kappa shape index (κ3) is 5.02. The molecule has 3 rings (SSSR count). The Hall–Kier alpha value is -2.51. The van der Waals surface area contributed by atoms with Crippen molar-refractivity contribution in [2.24, 2.45) is 0 Å². The number of hydrogen-bond acceptors (Lipinski definition) is 3. The fourth-order valence-electron chi connectivity index (χ4n) is 2.68. The maximum absolute atomic E-state index is 6.44. The highest BCUT2D eigenvalue weighted by Gasteiger charge is 2.24. The number of ether oxygens (including phenoxy) is 1. The Morgan fingerprint density at radius 2 is 1.37 bits per heavy atom. The summed E-state index contributed by atoms with van der Waals surface area (Å²) < 4.78 is 18.0. The monoisotopic (exact) mass is 380 g/mol. The van der Waals surface area contributed by atoms with E-state index in [1.807, 2.05) is 72.8 Å². The molecule has 0 aliphatic carbocycles. The van der Waals surface area contributed by atoms with Crippen LogP contribution in [0.1, 0.15) is 26.3 Å². The Bertz CT molecular complexity index is 872. The summed E-state index contributed by atoms with van der Waals surface area (Å²) in [5.74, 6) is 2.33. The molecule has 0 saturated carbocycles. The zero-order valence-corrected chi connectivity index (χ0v) is 17.1. The topological polar surface area (TPSA) is 27.7 Å². The number of para-hydroxylation sites is 1. The molecule has 0 aliphatic heterocycles. The molecular weight excluding hydrogens is 355 g/mol. The van der Waals surface area contributed by atoms with E-state index in [-0.39, 0.29) is 5.41 Å². The molecule has 0 saturated heterocycles. The number of benzene rings is 3. The summed E-state index contributed by atoms with van der Waals surface area (Å²) in [6.07, 6.45) is 0. The van der Waals surface area contributed by atoms with Gasteiger partial charge in [-0.05, 0) is 41.3 Å². The molecule has 0 spiro atoms. The largest absolute Gasteiger partial charge is 0.497 e. The second-order valence-corrected chi connectivity index (χ2v) is 8.60. The molecule has 4 heteroatoms. The van der Waals surface area contributed by atoms with E-state index < -0.39 is 8.38 Å². The quantitative estimate of drug-likeness (QED) is 0.485. The van der Waals surface area contributed by atoms with Crippen molar-refractivity contribution in [3.63, 3.8) is 0 Å². The molecule has 27 heavy (non-hydrogen) atoms. The highest BCUT2D eigenvalue weighted by molar-refractivity contribution is 7.56. The molecule has 3 aromatic carbocycles. The van der Waals surface area contributed by atoms with Gasteiger partial charge in [-0.1, -0.05) is 63.2 Å². The van der Waals surface area contributed by atoms with E-state index in [1.165, 1.54) is 0 Å². The molecule has 0 fully saturated rings. The predicted molar refractivity (Wildman–Crippen MR) is 112 cm³/mol. The second kappa shape index (κ2) is 8.45. The fourth-order valence-corrected chi connectivity index (χ4v) is 3.99. The molecule has 3 aromatic rings. The molecule has 0 bridgehead atoms. The normalized spacial score (nSPS) is 12.3. The van der Waals surface area contributed by atoms with Crippen LogP contribution in [0.5, 0.6) is 17.2 Å². The first kappa shape index (κ1) is 19.3. The maximum atomic E-state index is 6.44. The lowest BCUT2D eigenvalue weighted by atomic mass is 9.86. The van der Waals surface area contributed by atoms with Gasteiger partial charge in [0.1, 0.15) is 17.2 Å². The highest BCUT2D eigenvalue weighted by atomic mass is 31.2. The van der Waals surface area contributed by atoms with Crippen LogP contribution in [0.4, 0.5) is 0 Å². The Morgan fingerprint density at radius 1 is 0.704 bits per heavy atom. The zero-order chi connectivity index (χ0) is 19.3. The molecule has 140 valence electrons. The Kier molecular flexibility index (Phi) is 6.03. The van der Waals surface area contributed by atoms with E-state index in [1.54, 1.807) is 7.11 Å². The van der Waals surface area contributed by atoms with Gasteiger partial charge in [-0.2, -0.15) is 0 Å². The number of methoxy groups -OCH3 is 1. The van der Waals surface area contributed by atoms with Crippen LogP contribution in [-0.4, -0.2) is 7.11 Å². The van der Waals surface area contributed by atoms with Gasteiger partial charge < -0.3 is 13.8 Å². The van der Waals surface area contributed by atoms with Crippen molar-refractivity contribution in [3.05, 3.63) is 84.4 Å². The van der Waals surface area contributed by atoms with Crippen molar-refractivity contribution < 1.29 is 13.8 Å². The van der Waals surface area contributed by atoms with Crippen LogP contribution in [0, 0.1) is 0 Å². The lowest BCUT2D eigenvalue weighted by Crippen LogP contribution is -2.15. The lowest BCUT2D eigenvalue weighted by molar-refractivity contribution is 0.411. The highest BCUT2D eigenvalue weighted by Crippen LogP contribution is 2.43. The van der Waals surface area contributed by atoms with Crippen LogP contribution >= 0.6 is 8.38 Å². The molecule has 1 unspecified atom stereocenters. The van der Waals surface area contributed by atoms with E-state index in [2.05, 4.69) is 26.8 Å². The van der Waals surface area contributed by atoms with Crippen LogP contribution < -0.4 is 19.1 Å². The minimum absolute atomic E-state index is 0.0236. The van der Waals surface area contributed by atoms with E-state index in [4.69, 9.17) is 13.8 Å². The van der Waals surface area contributed by atoms with Crippen LogP contribution in [-0.2, 0) is 5.41 Å². The van der Waals surface area contributed by atoms with Gasteiger partial charge in [0.2, 0.25) is 0 Å². The minimum Gasteiger partial charge on any atom is -0.497 e. The van der Waals surface area contributed by atoms with Gasteiger partial charge in [0.15, 0.2) is 0 Å². The van der Waals surface area contributed by atoms with E-state index >= 15 is 0 Å². The fraction of sp³-hybridized carbons (Fsp3) is 0.217. The maximum Gasteiger partial charge on any atom is 0.326 e. The first-order valence-corrected chi connectivity index (χ1v) is 10.1. The molecule has 0 aliphatic rings. The van der Waals surface area contributed by atoms with Gasteiger partial charge in [0, 0.05) is 6.07 Å². The Labute approximate surface area is 162 Å². The van der Waals surface area contributed by atoms with Gasteiger partial charge >= 0.3 is 8.38 Å². The van der Waals surface area contributed by atoms with Crippen molar-refractivity contribution in [2.75, 3.05) is 7.11 Å². The SMILES string of the molecule is COc1cccc(OP(Oc2ccccc2C(C)(C)C)c2ccccc2)c1. The summed E-state index contributed by atoms with van der Waals surface area (Å²) in [4.78, 5) is 0. The van der Waals surface area contributed by atoms with Gasteiger partial charge in [-0.25, -0.2) is 0 Å². The molecule has 3 nitrogen and oxygen atoms in total. The zero-order valence-electron chi connectivity index (χ0n) is 16.2. The first-order chi connectivity index (χ1) is 13.0. The van der Waals surface area contributed by atoms with Crippen molar-refractivity contribution in [2.45, 2.75) is 26.2 Å². The minimum atomic E-state index is -1.34. The van der Waals surface area contributed by atoms with Gasteiger partial charge in [0.05, 0.1) is 12.4 Å². The summed E-state index contributed by atoms with van der Waals surface area (Å²) >= 11 is 0. The molecule has 0 N–H and O–H groups in total. The third-order valence-electron chi connectivity index (χ3n) is 4.07. The van der Waals surface area contributed by atoms with E-state index in [9.17, 15) is 0 Å². The van der Waals surface area contributed by atoms with Gasteiger partial charge in [0.25, 0.3) is 0 Å². The standard InChI is InChI=1S/C23H25O3P/c1-23(2,3)21-15-8-9-16-22(21)26-27(20-13-6-5-7-14-20)25-19-12-10-11-18(17-19)24-4/h5-17H,1-4H3. The summed E-state index contributed by atoms with van der Waals surface area (Å²) in [5, 5.41) is 1.01. The van der Waals surface area contributed by atoms with Crippen LogP contribution in [0.2, 0.25) is 0 Å².